The first-order valence-electron chi connectivity index (χ1n) is 12.7. The van der Waals surface area contributed by atoms with Crippen molar-refractivity contribution in [1.82, 2.24) is 14.8 Å². The molecule has 2 aromatic rings. The summed E-state index contributed by atoms with van der Waals surface area (Å²) in [6.45, 7) is 14.2. The minimum Gasteiger partial charge on any atom is -0.379 e. The van der Waals surface area contributed by atoms with Crippen LogP contribution in [0.15, 0.2) is 42.1 Å². The molecular weight excluding hydrogens is 408 g/mol. The van der Waals surface area contributed by atoms with E-state index in [4.69, 9.17) is 9.72 Å². The number of fused-ring (bicyclic) bond motifs is 1. The highest BCUT2D eigenvalue weighted by Crippen LogP contribution is 2.34. The first-order valence-corrected chi connectivity index (χ1v) is 12.7. The molecule has 5 nitrogen and oxygen atoms in total. The lowest BCUT2D eigenvalue weighted by molar-refractivity contribution is 0.0374. The summed E-state index contributed by atoms with van der Waals surface area (Å²) in [5, 5.41) is 0. The Morgan fingerprint density at radius 1 is 0.939 bits per heavy atom. The highest BCUT2D eigenvalue weighted by molar-refractivity contribution is 5.78. The van der Waals surface area contributed by atoms with Crippen LogP contribution >= 0.6 is 0 Å². The van der Waals surface area contributed by atoms with E-state index in [1.54, 1.807) is 5.57 Å². The molecule has 0 atom stereocenters. The van der Waals surface area contributed by atoms with Gasteiger partial charge in [0.15, 0.2) is 0 Å². The zero-order valence-electron chi connectivity index (χ0n) is 20.3. The SMILES string of the molecule is CC(C)N1CCN(c2ccc(-c3nccc4c3C=C(CCCN3CCOCC3)C4)cc2)CC1. The summed E-state index contributed by atoms with van der Waals surface area (Å²) in [5.74, 6) is 0. The maximum atomic E-state index is 5.47. The van der Waals surface area contributed by atoms with Crippen molar-refractivity contribution in [1.29, 1.82) is 0 Å². The molecule has 0 N–H and O–H groups in total. The second-order valence-electron chi connectivity index (χ2n) is 9.93. The van der Waals surface area contributed by atoms with Gasteiger partial charge in [-0.2, -0.15) is 0 Å². The van der Waals surface area contributed by atoms with Gasteiger partial charge in [0.25, 0.3) is 0 Å². The molecular formula is C28H38N4O. The zero-order valence-corrected chi connectivity index (χ0v) is 20.3. The maximum absolute atomic E-state index is 5.47. The van der Waals surface area contributed by atoms with Crippen LogP contribution in [0.5, 0.6) is 0 Å². The number of morpholine rings is 1. The summed E-state index contributed by atoms with van der Waals surface area (Å²) >= 11 is 0. The number of pyridine rings is 1. The van der Waals surface area contributed by atoms with Gasteiger partial charge in [-0.05, 0) is 63.4 Å². The van der Waals surface area contributed by atoms with Gasteiger partial charge in [0.1, 0.15) is 0 Å². The number of anilines is 1. The van der Waals surface area contributed by atoms with Crippen molar-refractivity contribution in [2.75, 3.05) is 63.9 Å². The van der Waals surface area contributed by atoms with Gasteiger partial charge in [-0.1, -0.05) is 23.8 Å². The summed E-state index contributed by atoms with van der Waals surface area (Å²) in [4.78, 5) is 12.4. The molecule has 0 radical (unpaired) electrons. The van der Waals surface area contributed by atoms with Crippen molar-refractivity contribution >= 4 is 11.8 Å². The Labute approximate surface area is 199 Å². The molecule has 176 valence electrons. The van der Waals surface area contributed by atoms with Crippen LogP contribution in [-0.4, -0.2) is 79.9 Å². The van der Waals surface area contributed by atoms with Gasteiger partial charge in [0, 0.05) is 68.3 Å². The zero-order chi connectivity index (χ0) is 22.6. The number of allylic oxidation sites excluding steroid dienone is 1. The van der Waals surface area contributed by atoms with Gasteiger partial charge >= 0.3 is 0 Å². The molecule has 2 saturated heterocycles. The lowest BCUT2D eigenvalue weighted by Gasteiger charge is -2.38. The molecule has 33 heavy (non-hydrogen) atoms. The van der Waals surface area contributed by atoms with Crippen molar-refractivity contribution < 1.29 is 4.74 Å². The molecule has 0 unspecified atom stereocenters. The average molecular weight is 447 g/mol. The fourth-order valence-electron chi connectivity index (χ4n) is 5.40. The predicted molar refractivity (Wildman–Crippen MR) is 137 cm³/mol. The Hall–Kier alpha value is -2.21. The van der Waals surface area contributed by atoms with Gasteiger partial charge in [-0.25, -0.2) is 0 Å². The van der Waals surface area contributed by atoms with Crippen LogP contribution in [-0.2, 0) is 11.2 Å². The van der Waals surface area contributed by atoms with E-state index in [9.17, 15) is 0 Å². The van der Waals surface area contributed by atoms with Crippen molar-refractivity contribution in [3.8, 4) is 11.3 Å². The largest absolute Gasteiger partial charge is 0.379 e. The smallest absolute Gasteiger partial charge is 0.0777 e. The van der Waals surface area contributed by atoms with Gasteiger partial charge < -0.3 is 9.64 Å². The normalized spacial score (nSPS) is 19.7. The van der Waals surface area contributed by atoms with Crippen LogP contribution in [0.4, 0.5) is 5.69 Å². The maximum Gasteiger partial charge on any atom is 0.0777 e. The van der Waals surface area contributed by atoms with Gasteiger partial charge in [0.05, 0.1) is 18.9 Å². The second kappa shape index (κ2) is 10.4. The Balaban J connectivity index is 1.22. The fraction of sp³-hybridized carbons (Fsp3) is 0.536. The minimum atomic E-state index is 0.637. The standard InChI is InChI=1S/C28H38N4O/c1-22(2)31-12-14-32(15-13-31)26-7-5-24(6-8-26)28-27-21-23(20-25(27)9-10-29-28)4-3-11-30-16-18-33-19-17-30/h5-10,21-22H,3-4,11-20H2,1-2H3. The summed E-state index contributed by atoms with van der Waals surface area (Å²) in [6.07, 6.45) is 7.87. The first-order chi connectivity index (χ1) is 16.2. The van der Waals surface area contributed by atoms with E-state index in [1.165, 1.54) is 41.8 Å². The first kappa shape index (κ1) is 22.6. The van der Waals surface area contributed by atoms with E-state index >= 15 is 0 Å². The third-order valence-corrected chi connectivity index (χ3v) is 7.47. The number of aromatic nitrogens is 1. The van der Waals surface area contributed by atoms with E-state index in [0.29, 0.717) is 6.04 Å². The molecule has 0 saturated carbocycles. The van der Waals surface area contributed by atoms with Crippen molar-refractivity contribution in [2.24, 2.45) is 0 Å². The summed E-state index contributed by atoms with van der Waals surface area (Å²) < 4.78 is 5.47. The number of hydrogen-bond donors (Lipinski definition) is 0. The highest BCUT2D eigenvalue weighted by Gasteiger charge is 2.21. The van der Waals surface area contributed by atoms with Crippen LogP contribution in [0.2, 0.25) is 0 Å². The number of rotatable bonds is 7. The molecule has 5 rings (SSSR count). The van der Waals surface area contributed by atoms with Crippen molar-refractivity contribution in [2.45, 2.75) is 39.2 Å². The lowest BCUT2D eigenvalue weighted by Crippen LogP contribution is -2.48. The van der Waals surface area contributed by atoms with E-state index < -0.39 is 0 Å². The molecule has 1 aromatic heterocycles. The van der Waals surface area contributed by atoms with Crippen molar-refractivity contribution in [3.05, 3.63) is 53.2 Å². The van der Waals surface area contributed by atoms with Crippen LogP contribution in [0.3, 0.4) is 0 Å². The Morgan fingerprint density at radius 3 is 2.42 bits per heavy atom. The highest BCUT2D eigenvalue weighted by atomic mass is 16.5. The van der Waals surface area contributed by atoms with Gasteiger partial charge in [-0.3, -0.25) is 14.8 Å². The quantitative estimate of drug-likeness (QED) is 0.632. The Kier molecular flexibility index (Phi) is 7.10. The topological polar surface area (TPSA) is 31.8 Å². The predicted octanol–water partition coefficient (Wildman–Crippen LogP) is 4.33. The van der Waals surface area contributed by atoms with Gasteiger partial charge in [-0.15, -0.1) is 0 Å². The van der Waals surface area contributed by atoms with E-state index in [-0.39, 0.29) is 0 Å². The third kappa shape index (κ3) is 5.32. The fourth-order valence-corrected chi connectivity index (χ4v) is 5.40. The number of hydrogen-bond acceptors (Lipinski definition) is 5. The molecule has 0 amide bonds. The molecule has 1 aliphatic carbocycles. The molecule has 2 fully saturated rings. The monoisotopic (exact) mass is 446 g/mol. The third-order valence-electron chi connectivity index (χ3n) is 7.47. The molecule has 3 heterocycles. The molecule has 0 spiro atoms. The van der Waals surface area contributed by atoms with Crippen molar-refractivity contribution in [3.63, 3.8) is 0 Å². The van der Waals surface area contributed by atoms with E-state index in [1.807, 2.05) is 6.20 Å². The summed E-state index contributed by atoms with van der Waals surface area (Å²) in [6, 6.07) is 11.9. The number of nitrogens with zero attached hydrogens (tertiary/aromatic N) is 4. The van der Waals surface area contributed by atoms with Crippen LogP contribution < -0.4 is 4.90 Å². The van der Waals surface area contributed by atoms with Gasteiger partial charge in [0.2, 0.25) is 0 Å². The molecule has 5 heteroatoms. The minimum absolute atomic E-state index is 0.637. The summed E-state index contributed by atoms with van der Waals surface area (Å²) in [7, 11) is 0. The summed E-state index contributed by atoms with van der Waals surface area (Å²) in [5.41, 5.74) is 7.99. The van der Waals surface area contributed by atoms with Crippen LogP contribution in [0, 0.1) is 0 Å². The number of piperazine rings is 1. The van der Waals surface area contributed by atoms with E-state index in [0.717, 1.165) is 64.6 Å². The lowest BCUT2D eigenvalue weighted by atomic mass is 10.0. The molecule has 0 bridgehead atoms. The number of benzene rings is 1. The second-order valence-corrected chi connectivity index (χ2v) is 9.93. The van der Waals surface area contributed by atoms with Crippen LogP contribution in [0.1, 0.15) is 37.8 Å². The van der Waals surface area contributed by atoms with E-state index in [2.05, 4.69) is 65.0 Å². The Bertz CT molecular complexity index is 954. The Morgan fingerprint density at radius 2 is 1.70 bits per heavy atom. The molecule has 3 aliphatic rings. The molecule has 1 aromatic carbocycles. The molecule has 2 aliphatic heterocycles. The number of ether oxygens (including phenoxy) is 1. The van der Waals surface area contributed by atoms with Crippen LogP contribution in [0.25, 0.3) is 17.3 Å². The average Bonchev–Trinajstić information content (AvgIpc) is 3.28.